The van der Waals surface area contributed by atoms with Crippen molar-refractivity contribution >= 4 is 29.1 Å². The molecule has 1 aliphatic rings. The lowest BCUT2D eigenvalue weighted by Crippen LogP contribution is -2.49. The summed E-state index contributed by atoms with van der Waals surface area (Å²) in [4.78, 5) is 34.2. The molecule has 1 aromatic carbocycles. The maximum Gasteiger partial charge on any atom is 0.573 e. The van der Waals surface area contributed by atoms with Crippen molar-refractivity contribution < 1.29 is 40.7 Å². The van der Waals surface area contributed by atoms with Gasteiger partial charge in [-0.2, -0.15) is 0 Å². The summed E-state index contributed by atoms with van der Waals surface area (Å²) in [6.45, 7) is 0. The monoisotopic (exact) mass is 524 g/mol. The number of benzene rings is 1. The third-order valence-corrected chi connectivity index (χ3v) is 5.43. The summed E-state index contributed by atoms with van der Waals surface area (Å²) in [6, 6.07) is 1.48. The van der Waals surface area contributed by atoms with Gasteiger partial charge in [-0.1, -0.05) is 11.6 Å². The molecule has 0 radical (unpaired) electrons. The summed E-state index contributed by atoms with van der Waals surface area (Å²) >= 11 is 5.37. The van der Waals surface area contributed by atoms with Gasteiger partial charge < -0.3 is 10.1 Å². The number of rotatable bonds is 7. The Morgan fingerprint density at radius 1 is 1.11 bits per heavy atom. The number of amides is 2. The predicted octanol–water partition coefficient (Wildman–Crippen LogP) is 4.68. The zero-order chi connectivity index (χ0) is 25.8. The Bertz CT molecular complexity index is 1010. The number of ether oxygens (including phenoxy) is 1. The third kappa shape index (κ3) is 7.20. The van der Waals surface area contributed by atoms with E-state index in [1.807, 2.05) is 0 Å². The Morgan fingerprint density at radius 2 is 1.69 bits per heavy atom. The van der Waals surface area contributed by atoms with Crippen LogP contribution in [0.4, 0.5) is 32.0 Å². The van der Waals surface area contributed by atoms with E-state index in [1.165, 1.54) is 12.4 Å². The average molecular weight is 525 g/mol. The summed E-state index contributed by atoms with van der Waals surface area (Å²) in [5.41, 5.74) is -2.78. The largest absolute Gasteiger partial charge is 0.573 e. The quantitative estimate of drug-likeness (QED) is 0.420. The van der Waals surface area contributed by atoms with Gasteiger partial charge in [0.25, 0.3) is 11.5 Å². The highest BCUT2D eigenvalue weighted by Gasteiger charge is 2.40. The van der Waals surface area contributed by atoms with Crippen molar-refractivity contribution in [1.29, 1.82) is 0 Å². The molecule has 2 aromatic rings. The minimum atomic E-state index is -4.97. The van der Waals surface area contributed by atoms with Crippen molar-refractivity contribution in [1.82, 2.24) is 15.3 Å². The molecule has 1 N–H and O–H groups in total. The average Bonchev–Trinajstić information content (AvgIpc) is 2.78. The van der Waals surface area contributed by atoms with E-state index in [2.05, 4.69) is 20.0 Å². The van der Waals surface area contributed by atoms with E-state index in [1.54, 1.807) is 0 Å². The molecular formula is C21H19ClF6N4O3. The fourth-order valence-electron chi connectivity index (χ4n) is 3.65. The Hall–Kier alpha value is -3.09. The summed E-state index contributed by atoms with van der Waals surface area (Å²) in [5, 5.41) is 2.58. The molecule has 1 saturated carbocycles. The molecule has 1 aromatic heterocycles. The number of hydrogen-bond acceptors (Lipinski definition) is 5. The van der Waals surface area contributed by atoms with E-state index in [0.29, 0.717) is 4.90 Å². The third-order valence-electron chi connectivity index (χ3n) is 5.24. The van der Waals surface area contributed by atoms with Gasteiger partial charge in [-0.05, 0) is 37.1 Å². The Labute approximate surface area is 200 Å². The van der Waals surface area contributed by atoms with Crippen LogP contribution < -0.4 is 15.0 Å². The molecule has 7 nitrogen and oxygen atoms in total. The van der Waals surface area contributed by atoms with Crippen LogP contribution in [0.15, 0.2) is 43.0 Å². The number of carbonyl (C=O) groups is 2. The van der Waals surface area contributed by atoms with E-state index in [0.717, 1.165) is 30.6 Å². The molecule has 14 heteroatoms. The number of halogens is 7. The minimum absolute atomic E-state index is 0.0208. The van der Waals surface area contributed by atoms with Crippen LogP contribution in [-0.2, 0) is 9.59 Å². The molecular weight excluding hydrogens is 506 g/mol. The first-order valence-corrected chi connectivity index (χ1v) is 10.7. The van der Waals surface area contributed by atoms with Gasteiger partial charge in [-0.15, -0.1) is 13.2 Å². The number of nitrogens with zero attached hydrogens (tertiary/aromatic N) is 3. The first-order chi connectivity index (χ1) is 16.4. The molecule has 1 fully saturated rings. The number of anilines is 1. The van der Waals surface area contributed by atoms with Gasteiger partial charge in [0, 0.05) is 42.5 Å². The first-order valence-electron chi connectivity index (χ1n) is 10.3. The highest BCUT2D eigenvalue weighted by Crippen LogP contribution is 2.35. The molecule has 3 rings (SSSR count). The van der Waals surface area contributed by atoms with Crippen molar-refractivity contribution in [3.05, 3.63) is 48.5 Å². The minimum Gasteiger partial charge on any atom is -0.406 e. The van der Waals surface area contributed by atoms with E-state index < -0.39 is 60.4 Å². The Balaban J connectivity index is 1.96. The molecule has 0 aliphatic heterocycles. The smallest absolute Gasteiger partial charge is 0.406 e. The maximum absolute atomic E-state index is 14.0. The molecule has 1 aliphatic carbocycles. The number of aromatic nitrogens is 2. The van der Waals surface area contributed by atoms with Gasteiger partial charge in [0.2, 0.25) is 11.8 Å². The van der Waals surface area contributed by atoms with Gasteiger partial charge in [0.05, 0.1) is 0 Å². The topological polar surface area (TPSA) is 84.4 Å². The zero-order valence-corrected chi connectivity index (χ0v) is 18.6. The molecule has 190 valence electrons. The van der Waals surface area contributed by atoms with Crippen LogP contribution in [0, 0.1) is 0 Å². The van der Waals surface area contributed by atoms with Crippen LogP contribution in [0.1, 0.15) is 37.3 Å². The number of carbonyl (C=O) groups excluding carboxylic acids is 2. The van der Waals surface area contributed by atoms with Crippen LogP contribution in [-0.4, -0.2) is 45.7 Å². The molecule has 0 saturated heterocycles. The van der Waals surface area contributed by atoms with E-state index in [4.69, 9.17) is 11.6 Å². The van der Waals surface area contributed by atoms with E-state index >= 15 is 0 Å². The van der Waals surface area contributed by atoms with Crippen molar-refractivity contribution in [2.75, 3.05) is 4.90 Å². The van der Waals surface area contributed by atoms with Crippen molar-refractivity contribution in [2.45, 2.75) is 55.7 Å². The van der Waals surface area contributed by atoms with E-state index in [-0.39, 0.29) is 24.1 Å². The second-order valence-corrected chi connectivity index (χ2v) is 8.15. The fourth-order valence-corrected chi connectivity index (χ4v) is 3.76. The van der Waals surface area contributed by atoms with Crippen molar-refractivity contribution in [2.24, 2.45) is 0 Å². The second kappa shape index (κ2) is 10.7. The number of hydrogen-bond donors (Lipinski definition) is 1. The highest BCUT2D eigenvalue weighted by molar-refractivity contribution is 6.32. The molecule has 2 amide bonds. The first kappa shape index (κ1) is 26.5. The Kier molecular flexibility index (Phi) is 8.08. The van der Waals surface area contributed by atoms with Gasteiger partial charge in [0.1, 0.15) is 18.1 Å². The lowest BCUT2D eigenvalue weighted by Gasteiger charge is -2.34. The molecule has 0 spiro atoms. The zero-order valence-electron chi connectivity index (χ0n) is 17.8. The lowest BCUT2D eigenvalue weighted by atomic mass is 9.92. The summed E-state index contributed by atoms with van der Waals surface area (Å²) in [5.74, 6) is -5.73. The van der Waals surface area contributed by atoms with Crippen molar-refractivity contribution in [3.8, 4) is 5.75 Å². The van der Waals surface area contributed by atoms with Crippen LogP contribution >= 0.6 is 11.6 Å². The molecule has 1 unspecified atom stereocenters. The second-order valence-electron chi connectivity index (χ2n) is 7.76. The molecule has 2 atom stereocenters. The highest BCUT2D eigenvalue weighted by atomic mass is 35.5. The predicted molar refractivity (Wildman–Crippen MR) is 111 cm³/mol. The summed E-state index contributed by atoms with van der Waals surface area (Å²) in [7, 11) is 0. The van der Waals surface area contributed by atoms with Crippen LogP contribution in [0.2, 0.25) is 0 Å². The van der Waals surface area contributed by atoms with Crippen LogP contribution in [0.3, 0.4) is 0 Å². The van der Waals surface area contributed by atoms with Gasteiger partial charge >= 0.3 is 6.36 Å². The fraction of sp³-hybridized carbons (Fsp3) is 0.429. The lowest BCUT2D eigenvalue weighted by molar-refractivity contribution is -0.274. The maximum atomic E-state index is 14.0. The van der Waals surface area contributed by atoms with Crippen LogP contribution in [0.5, 0.6) is 5.75 Å². The van der Waals surface area contributed by atoms with Gasteiger partial charge in [-0.3, -0.25) is 14.5 Å². The number of nitrogens with one attached hydrogen (secondary N) is 1. The standard InChI is InChI=1S/C21H19ClF6N4O3/c22-17(23)19(34)32(14-1-3-15(4-2-14)35-21(26,27)28)16(12-9-29-11-30-10-12)18(33)31-13-5-7-20(24,25)8-6-13/h1-4,9-11,13,16-17H,5-8H2,(H,31,33)/t16?,17-/m0/s1. The van der Waals surface area contributed by atoms with Gasteiger partial charge in [0.15, 0.2) is 0 Å². The SMILES string of the molecule is O=C(NC1CCC(F)(F)CC1)C(c1cncnc1)N(C(=O)[C@H](F)Cl)c1ccc(OC(F)(F)F)cc1. The Morgan fingerprint density at radius 3 is 2.20 bits per heavy atom. The van der Waals surface area contributed by atoms with Crippen molar-refractivity contribution in [3.63, 3.8) is 0 Å². The summed E-state index contributed by atoms with van der Waals surface area (Å²) < 4.78 is 82.2. The molecule has 0 bridgehead atoms. The van der Waals surface area contributed by atoms with E-state index in [9.17, 15) is 35.9 Å². The molecule has 1 heterocycles. The normalized spacial score (nSPS) is 17.8. The van der Waals surface area contributed by atoms with Gasteiger partial charge in [-0.25, -0.2) is 23.1 Å². The summed E-state index contributed by atoms with van der Waals surface area (Å²) in [6.07, 6.45) is -2.45. The van der Waals surface area contributed by atoms with Crippen LogP contribution in [0.25, 0.3) is 0 Å². The number of alkyl halides is 7. The molecule has 35 heavy (non-hydrogen) atoms.